The molecule has 4 nitrogen and oxygen atoms in total. The van der Waals surface area contributed by atoms with Crippen LogP contribution < -0.4 is 11.1 Å². The third-order valence-electron chi connectivity index (χ3n) is 3.28. The second kappa shape index (κ2) is 6.99. The van der Waals surface area contributed by atoms with Crippen molar-refractivity contribution >= 4 is 11.7 Å². The normalized spacial score (nSPS) is 12.0. The van der Waals surface area contributed by atoms with Crippen LogP contribution >= 0.6 is 0 Å². The van der Waals surface area contributed by atoms with Gasteiger partial charge in [-0.3, -0.25) is 4.79 Å². The summed E-state index contributed by atoms with van der Waals surface area (Å²) in [6, 6.07) is 13.5. The fraction of sp³-hybridized carbons (Fsp3) is 0.294. The van der Waals surface area contributed by atoms with Gasteiger partial charge < -0.3 is 11.1 Å². The molecule has 4 heteroatoms. The molecule has 0 saturated heterocycles. The number of hydrogen-bond acceptors (Lipinski definition) is 3. The zero-order chi connectivity index (χ0) is 15.2. The summed E-state index contributed by atoms with van der Waals surface area (Å²) in [6.07, 6.45) is 0.991. The van der Waals surface area contributed by atoms with Gasteiger partial charge in [-0.25, -0.2) is 4.98 Å². The molecule has 1 atom stereocenters. The zero-order valence-corrected chi connectivity index (χ0v) is 12.5. The number of nitrogens with two attached hydrogens (primary N) is 1. The first-order chi connectivity index (χ1) is 10.0. The van der Waals surface area contributed by atoms with Crippen molar-refractivity contribution in [2.45, 2.75) is 32.7 Å². The van der Waals surface area contributed by atoms with E-state index in [1.165, 1.54) is 0 Å². The smallest absolute Gasteiger partial charge is 0.225 e. The molecule has 0 bridgehead atoms. The number of pyridine rings is 1. The van der Waals surface area contributed by atoms with Crippen molar-refractivity contribution in [2.24, 2.45) is 5.73 Å². The average Bonchev–Trinajstić information content (AvgIpc) is 2.44. The molecular formula is C17H21N3O. The molecule has 1 unspecified atom stereocenters. The summed E-state index contributed by atoms with van der Waals surface area (Å²) < 4.78 is 0. The molecule has 0 aliphatic rings. The Kier molecular flexibility index (Phi) is 5.06. The molecule has 0 fully saturated rings. The average molecular weight is 283 g/mol. The van der Waals surface area contributed by atoms with E-state index in [-0.39, 0.29) is 11.9 Å². The molecule has 3 N–H and O–H groups in total. The van der Waals surface area contributed by atoms with Crippen molar-refractivity contribution in [3.63, 3.8) is 0 Å². The largest absolute Gasteiger partial charge is 0.324 e. The molecule has 1 aromatic heterocycles. The number of nitrogens with one attached hydrogen (secondary N) is 1. The Bertz CT molecular complexity index is 590. The Balaban J connectivity index is 1.87. The summed E-state index contributed by atoms with van der Waals surface area (Å²) >= 11 is 0. The number of anilines is 1. The second-order valence-electron chi connectivity index (χ2n) is 5.28. The van der Waals surface area contributed by atoms with Crippen LogP contribution in [0.25, 0.3) is 0 Å². The molecule has 21 heavy (non-hydrogen) atoms. The maximum absolute atomic E-state index is 12.0. The van der Waals surface area contributed by atoms with E-state index in [2.05, 4.69) is 10.3 Å². The van der Waals surface area contributed by atoms with Crippen molar-refractivity contribution in [3.05, 3.63) is 59.3 Å². The Morgan fingerprint density at radius 3 is 2.62 bits per heavy atom. The predicted octanol–water partition coefficient (Wildman–Crippen LogP) is 3.12. The summed E-state index contributed by atoms with van der Waals surface area (Å²) in [4.78, 5) is 16.3. The van der Waals surface area contributed by atoms with Crippen LogP contribution in [-0.4, -0.2) is 10.9 Å². The van der Waals surface area contributed by atoms with Crippen molar-refractivity contribution in [3.8, 4) is 0 Å². The van der Waals surface area contributed by atoms with Gasteiger partial charge in [-0.05, 0) is 43.5 Å². The molecule has 2 aromatic rings. The first-order valence-corrected chi connectivity index (χ1v) is 7.10. The SMILES string of the molecule is Cc1cc(C)nc(NC(=O)CCC(N)c2ccccc2)c1. The molecule has 1 amide bonds. The molecule has 0 aliphatic carbocycles. The minimum absolute atomic E-state index is 0.0566. The Labute approximate surface area is 125 Å². The fourth-order valence-corrected chi connectivity index (χ4v) is 2.26. The Morgan fingerprint density at radius 2 is 1.95 bits per heavy atom. The van der Waals surface area contributed by atoms with E-state index in [1.807, 2.05) is 56.3 Å². The third kappa shape index (κ3) is 4.68. The predicted molar refractivity (Wildman–Crippen MR) is 84.9 cm³/mol. The summed E-state index contributed by atoms with van der Waals surface area (Å²) in [5.74, 6) is 0.546. The number of benzene rings is 1. The standard InChI is InChI=1S/C17H21N3O/c1-12-10-13(2)19-16(11-12)20-17(21)9-8-15(18)14-6-4-3-5-7-14/h3-7,10-11,15H,8-9,18H2,1-2H3,(H,19,20,21). The van der Waals surface area contributed by atoms with Crippen LogP contribution in [-0.2, 0) is 4.79 Å². The van der Waals surface area contributed by atoms with Gasteiger partial charge in [-0.2, -0.15) is 0 Å². The number of hydrogen-bond donors (Lipinski definition) is 2. The molecule has 0 saturated carbocycles. The maximum atomic E-state index is 12.0. The lowest BCUT2D eigenvalue weighted by molar-refractivity contribution is -0.116. The van der Waals surface area contributed by atoms with Gasteiger partial charge in [0.05, 0.1) is 0 Å². The van der Waals surface area contributed by atoms with Crippen molar-refractivity contribution in [1.29, 1.82) is 0 Å². The quantitative estimate of drug-likeness (QED) is 0.886. The van der Waals surface area contributed by atoms with Gasteiger partial charge in [0.2, 0.25) is 5.91 Å². The summed E-state index contributed by atoms with van der Waals surface area (Å²) in [5.41, 5.74) is 9.12. The third-order valence-corrected chi connectivity index (χ3v) is 3.28. The Hall–Kier alpha value is -2.20. The minimum atomic E-state index is -0.121. The highest BCUT2D eigenvalue weighted by molar-refractivity contribution is 5.89. The highest BCUT2D eigenvalue weighted by Crippen LogP contribution is 2.16. The summed E-state index contributed by atoms with van der Waals surface area (Å²) in [7, 11) is 0. The second-order valence-corrected chi connectivity index (χ2v) is 5.28. The highest BCUT2D eigenvalue weighted by Gasteiger charge is 2.10. The maximum Gasteiger partial charge on any atom is 0.225 e. The number of rotatable bonds is 5. The van der Waals surface area contributed by atoms with E-state index in [9.17, 15) is 4.79 Å². The molecule has 0 spiro atoms. The number of aryl methyl sites for hydroxylation is 2. The van der Waals surface area contributed by atoms with Gasteiger partial charge in [0.15, 0.2) is 0 Å². The molecule has 0 aliphatic heterocycles. The first-order valence-electron chi connectivity index (χ1n) is 7.10. The summed E-state index contributed by atoms with van der Waals surface area (Å²) in [6.45, 7) is 3.89. The van der Waals surface area contributed by atoms with Gasteiger partial charge in [0.1, 0.15) is 5.82 Å². The Morgan fingerprint density at radius 1 is 1.24 bits per heavy atom. The molecule has 1 aromatic carbocycles. The lowest BCUT2D eigenvalue weighted by Gasteiger charge is -2.12. The molecule has 2 rings (SSSR count). The van der Waals surface area contributed by atoms with Gasteiger partial charge in [-0.1, -0.05) is 30.3 Å². The number of carbonyl (C=O) groups excluding carboxylic acids is 1. The molecule has 0 radical (unpaired) electrons. The van der Waals surface area contributed by atoms with Gasteiger partial charge >= 0.3 is 0 Å². The summed E-state index contributed by atoms with van der Waals surface area (Å²) in [5, 5.41) is 2.82. The number of amides is 1. The van der Waals surface area contributed by atoms with E-state index < -0.39 is 0 Å². The van der Waals surface area contributed by atoms with Crippen molar-refractivity contribution in [1.82, 2.24) is 4.98 Å². The van der Waals surface area contributed by atoms with E-state index >= 15 is 0 Å². The topological polar surface area (TPSA) is 68.0 Å². The number of aromatic nitrogens is 1. The van der Waals surface area contributed by atoms with Crippen molar-refractivity contribution in [2.75, 3.05) is 5.32 Å². The lowest BCUT2D eigenvalue weighted by Crippen LogP contribution is -2.17. The number of carbonyl (C=O) groups is 1. The molecule has 110 valence electrons. The van der Waals surface area contributed by atoms with Crippen molar-refractivity contribution < 1.29 is 4.79 Å². The van der Waals surface area contributed by atoms with Crippen LogP contribution in [0, 0.1) is 13.8 Å². The van der Waals surface area contributed by atoms with Crippen LogP contribution in [0.4, 0.5) is 5.82 Å². The van der Waals surface area contributed by atoms with E-state index in [0.717, 1.165) is 16.8 Å². The van der Waals surface area contributed by atoms with Gasteiger partial charge in [0.25, 0.3) is 0 Å². The zero-order valence-electron chi connectivity index (χ0n) is 12.5. The molecule has 1 heterocycles. The minimum Gasteiger partial charge on any atom is -0.324 e. The highest BCUT2D eigenvalue weighted by atomic mass is 16.1. The van der Waals surface area contributed by atoms with Gasteiger partial charge in [-0.15, -0.1) is 0 Å². The molecular weight excluding hydrogens is 262 g/mol. The fourth-order valence-electron chi connectivity index (χ4n) is 2.26. The van der Waals surface area contributed by atoms with Crippen LogP contribution in [0.5, 0.6) is 0 Å². The lowest BCUT2D eigenvalue weighted by atomic mass is 10.0. The van der Waals surface area contributed by atoms with E-state index in [1.54, 1.807) is 0 Å². The number of nitrogens with zero attached hydrogens (tertiary/aromatic N) is 1. The van der Waals surface area contributed by atoms with Crippen LogP contribution in [0.1, 0.15) is 35.7 Å². The van der Waals surface area contributed by atoms with E-state index in [0.29, 0.717) is 18.7 Å². The first kappa shape index (κ1) is 15.2. The van der Waals surface area contributed by atoms with Gasteiger partial charge in [0, 0.05) is 18.2 Å². The van der Waals surface area contributed by atoms with Crippen LogP contribution in [0.3, 0.4) is 0 Å². The monoisotopic (exact) mass is 283 g/mol. The van der Waals surface area contributed by atoms with Crippen LogP contribution in [0.15, 0.2) is 42.5 Å². The van der Waals surface area contributed by atoms with Crippen LogP contribution in [0.2, 0.25) is 0 Å². The van der Waals surface area contributed by atoms with E-state index in [4.69, 9.17) is 5.73 Å².